The standard InChI is InChI=1S/C23H32N2O4/c1-16(2)24(14-19-9-8-17(3)29-19)15-23(26)25-12-6-7-21(25)20-13-18(27-4)10-11-22(20)28-5/h8-11,13,16,21H,6-7,12,14-15H2,1-5H3. The van der Waals surface area contributed by atoms with Gasteiger partial charge in [0.2, 0.25) is 5.91 Å². The lowest BCUT2D eigenvalue weighted by Gasteiger charge is -2.31. The van der Waals surface area contributed by atoms with Crippen LogP contribution < -0.4 is 9.47 Å². The van der Waals surface area contributed by atoms with Gasteiger partial charge < -0.3 is 18.8 Å². The van der Waals surface area contributed by atoms with E-state index in [4.69, 9.17) is 13.9 Å². The Hall–Kier alpha value is -2.47. The third kappa shape index (κ3) is 4.93. The molecule has 158 valence electrons. The van der Waals surface area contributed by atoms with Crippen molar-refractivity contribution in [1.29, 1.82) is 0 Å². The summed E-state index contributed by atoms with van der Waals surface area (Å²) in [4.78, 5) is 17.4. The van der Waals surface area contributed by atoms with Gasteiger partial charge in [0.25, 0.3) is 0 Å². The molecule has 1 atom stereocenters. The molecule has 1 aromatic carbocycles. The van der Waals surface area contributed by atoms with Crippen molar-refractivity contribution in [3.8, 4) is 11.5 Å². The molecule has 2 heterocycles. The number of methoxy groups -OCH3 is 2. The maximum Gasteiger partial charge on any atom is 0.237 e. The highest BCUT2D eigenvalue weighted by molar-refractivity contribution is 5.79. The van der Waals surface area contributed by atoms with Crippen LogP contribution >= 0.6 is 0 Å². The second-order valence-electron chi connectivity index (χ2n) is 7.86. The van der Waals surface area contributed by atoms with Crippen molar-refractivity contribution in [3.63, 3.8) is 0 Å². The second kappa shape index (κ2) is 9.35. The number of hydrogen-bond donors (Lipinski definition) is 0. The van der Waals surface area contributed by atoms with Gasteiger partial charge in [-0.1, -0.05) is 0 Å². The van der Waals surface area contributed by atoms with Crippen LogP contribution in [-0.2, 0) is 11.3 Å². The average molecular weight is 401 g/mol. The molecule has 0 saturated carbocycles. The van der Waals surface area contributed by atoms with E-state index in [1.807, 2.05) is 42.2 Å². The molecule has 1 saturated heterocycles. The van der Waals surface area contributed by atoms with Gasteiger partial charge in [0, 0.05) is 18.2 Å². The molecule has 2 aromatic rings. The monoisotopic (exact) mass is 400 g/mol. The highest BCUT2D eigenvalue weighted by Gasteiger charge is 2.33. The van der Waals surface area contributed by atoms with E-state index in [9.17, 15) is 4.79 Å². The zero-order valence-electron chi connectivity index (χ0n) is 18.1. The minimum Gasteiger partial charge on any atom is -0.497 e. The number of carbonyl (C=O) groups is 1. The van der Waals surface area contributed by atoms with Crippen LogP contribution in [0, 0.1) is 6.92 Å². The lowest BCUT2D eigenvalue weighted by Crippen LogP contribution is -2.42. The maximum atomic E-state index is 13.3. The van der Waals surface area contributed by atoms with E-state index in [0.29, 0.717) is 13.1 Å². The Bertz CT molecular complexity index is 830. The van der Waals surface area contributed by atoms with Crippen LogP contribution in [-0.4, -0.2) is 49.1 Å². The molecule has 3 rings (SSSR count). The molecule has 1 aliphatic heterocycles. The first kappa shape index (κ1) is 21.2. The average Bonchev–Trinajstić information content (AvgIpc) is 3.35. The first-order chi connectivity index (χ1) is 13.9. The normalized spacial score (nSPS) is 16.7. The Morgan fingerprint density at radius 1 is 1.24 bits per heavy atom. The minimum absolute atomic E-state index is 0.00687. The van der Waals surface area contributed by atoms with Crippen molar-refractivity contribution in [2.75, 3.05) is 27.3 Å². The summed E-state index contributed by atoms with van der Waals surface area (Å²) in [6, 6.07) is 9.96. The summed E-state index contributed by atoms with van der Waals surface area (Å²) in [7, 11) is 3.32. The topological polar surface area (TPSA) is 55.2 Å². The van der Waals surface area contributed by atoms with E-state index < -0.39 is 0 Å². The number of rotatable bonds is 8. The maximum absolute atomic E-state index is 13.3. The summed E-state index contributed by atoms with van der Waals surface area (Å²) in [6.07, 6.45) is 1.91. The van der Waals surface area contributed by atoms with E-state index in [1.165, 1.54) is 0 Å². The summed E-state index contributed by atoms with van der Waals surface area (Å²) in [5, 5.41) is 0. The zero-order chi connectivity index (χ0) is 21.0. The van der Waals surface area contributed by atoms with Crippen LogP contribution in [0.3, 0.4) is 0 Å². The van der Waals surface area contributed by atoms with E-state index in [2.05, 4.69) is 18.7 Å². The number of carbonyl (C=O) groups excluding carboxylic acids is 1. The van der Waals surface area contributed by atoms with E-state index in [0.717, 1.165) is 48.0 Å². The van der Waals surface area contributed by atoms with Gasteiger partial charge >= 0.3 is 0 Å². The Balaban J connectivity index is 1.77. The minimum atomic E-state index is 0.00687. The number of hydrogen-bond acceptors (Lipinski definition) is 5. The van der Waals surface area contributed by atoms with Crippen LogP contribution in [0.4, 0.5) is 0 Å². The van der Waals surface area contributed by atoms with Gasteiger partial charge in [0.15, 0.2) is 0 Å². The summed E-state index contributed by atoms with van der Waals surface area (Å²) in [6.45, 7) is 7.89. The fourth-order valence-corrected chi connectivity index (χ4v) is 3.94. The predicted octanol–water partition coefficient (Wildman–Crippen LogP) is 4.18. The SMILES string of the molecule is COc1ccc(OC)c(C2CCCN2C(=O)CN(Cc2ccc(C)o2)C(C)C)c1. The Morgan fingerprint density at radius 3 is 2.66 bits per heavy atom. The number of furan rings is 1. The molecule has 29 heavy (non-hydrogen) atoms. The molecule has 1 amide bonds. The first-order valence-corrected chi connectivity index (χ1v) is 10.2. The van der Waals surface area contributed by atoms with Crippen LogP contribution in [0.5, 0.6) is 11.5 Å². The fraction of sp³-hybridized carbons (Fsp3) is 0.522. The summed E-state index contributed by atoms with van der Waals surface area (Å²) >= 11 is 0. The van der Waals surface area contributed by atoms with E-state index >= 15 is 0 Å². The molecule has 0 N–H and O–H groups in total. The Labute approximate surface area is 173 Å². The van der Waals surface area contributed by atoms with E-state index in [-0.39, 0.29) is 18.0 Å². The third-order valence-corrected chi connectivity index (χ3v) is 5.59. The highest BCUT2D eigenvalue weighted by Crippen LogP contribution is 2.39. The van der Waals surface area contributed by atoms with Crippen molar-refractivity contribution in [2.24, 2.45) is 0 Å². The van der Waals surface area contributed by atoms with Gasteiger partial charge in [-0.15, -0.1) is 0 Å². The van der Waals surface area contributed by atoms with Crippen molar-refractivity contribution >= 4 is 5.91 Å². The number of aryl methyl sites for hydroxylation is 1. The summed E-state index contributed by atoms with van der Waals surface area (Å²) in [5.74, 6) is 3.48. The van der Waals surface area contributed by atoms with Gasteiger partial charge in [0.05, 0.1) is 33.4 Å². The number of likely N-dealkylation sites (tertiary alicyclic amines) is 1. The molecule has 1 fully saturated rings. The molecular formula is C23H32N2O4. The van der Waals surface area contributed by atoms with Crippen LogP contribution in [0.2, 0.25) is 0 Å². The quantitative estimate of drug-likeness (QED) is 0.665. The summed E-state index contributed by atoms with van der Waals surface area (Å²) in [5.41, 5.74) is 1.01. The molecule has 0 bridgehead atoms. The van der Waals surface area contributed by atoms with Crippen LogP contribution in [0.15, 0.2) is 34.7 Å². The van der Waals surface area contributed by atoms with Gasteiger partial charge in [-0.05, 0) is 63.9 Å². The van der Waals surface area contributed by atoms with Gasteiger partial charge in [-0.2, -0.15) is 0 Å². The predicted molar refractivity (Wildman–Crippen MR) is 112 cm³/mol. The van der Waals surface area contributed by atoms with Gasteiger partial charge in [-0.25, -0.2) is 0 Å². The molecular weight excluding hydrogens is 368 g/mol. The lowest BCUT2D eigenvalue weighted by atomic mass is 10.0. The molecule has 0 spiro atoms. The number of benzene rings is 1. The molecule has 1 aromatic heterocycles. The number of ether oxygens (including phenoxy) is 2. The lowest BCUT2D eigenvalue weighted by molar-refractivity contribution is -0.134. The number of nitrogens with zero attached hydrogens (tertiary/aromatic N) is 2. The largest absolute Gasteiger partial charge is 0.497 e. The molecule has 1 unspecified atom stereocenters. The zero-order valence-corrected chi connectivity index (χ0v) is 18.1. The van der Waals surface area contributed by atoms with Crippen LogP contribution in [0.1, 0.15) is 49.8 Å². The smallest absolute Gasteiger partial charge is 0.237 e. The Morgan fingerprint density at radius 2 is 2.03 bits per heavy atom. The van der Waals surface area contributed by atoms with Gasteiger partial charge in [0.1, 0.15) is 23.0 Å². The van der Waals surface area contributed by atoms with Crippen LogP contribution in [0.25, 0.3) is 0 Å². The molecule has 6 nitrogen and oxygen atoms in total. The molecule has 1 aliphatic rings. The molecule has 6 heteroatoms. The van der Waals surface area contributed by atoms with Gasteiger partial charge in [-0.3, -0.25) is 9.69 Å². The van der Waals surface area contributed by atoms with E-state index in [1.54, 1.807) is 14.2 Å². The fourth-order valence-electron chi connectivity index (χ4n) is 3.94. The highest BCUT2D eigenvalue weighted by atomic mass is 16.5. The number of amides is 1. The first-order valence-electron chi connectivity index (χ1n) is 10.2. The molecule has 0 radical (unpaired) electrons. The third-order valence-electron chi connectivity index (χ3n) is 5.59. The van der Waals surface area contributed by atoms with Crippen molar-refractivity contribution in [2.45, 2.75) is 52.2 Å². The second-order valence-corrected chi connectivity index (χ2v) is 7.86. The summed E-state index contributed by atoms with van der Waals surface area (Å²) < 4.78 is 16.7. The Kier molecular flexibility index (Phi) is 6.85. The van der Waals surface area contributed by atoms with Crippen molar-refractivity contribution in [3.05, 3.63) is 47.4 Å². The van der Waals surface area contributed by atoms with Crippen molar-refractivity contribution < 1.29 is 18.7 Å². The van der Waals surface area contributed by atoms with Crippen molar-refractivity contribution in [1.82, 2.24) is 9.80 Å². The molecule has 0 aliphatic carbocycles.